The lowest BCUT2D eigenvalue weighted by molar-refractivity contribution is -0.139. The van der Waals surface area contributed by atoms with E-state index in [1.807, 2.05) is 6.92 Å². The van der Waals surface area contributed by atoms with Crippen LogP contribution in [0.5, 0.6) is 5.75 Å². The first kappa shape index (κ1) is 14.0. The number of aromatic hydroxyl groups is 1. The van der Waals surface area contributed by atoms with Gasteiger partial charge >= 0.3 is 5.97 Å². The van der Waals surface area contributed by atoms with E-state index in [-0.39, 0.29) is 24.0 Å². The van der Waals surface area contributed by atoms with Gasteiger partial charge in [-0.15, -0.1) is 0 Å². The maximum absolute atomic E-state index is 11.4. The van der Waals surface area contributed by atoms with Crippen LogP contribution in [0, 0.1) is 0 Å². The van der Waals surface area contributed by atoms with Crippen LogP contribution in [0.4, 0.5) is 5.69 Å². The van der Waals surface area contributed by atoms with Gasteiger partial charge in [0, 0.05) is 6.42 Å². The average molecular weight is 251 g/mol. The van der Waals surface area contributed by atoms with Crippen molar-refractivity contribution in [1.29, 1.82) is 0 Å². The summed E-state index contributed by atoms with van der Waals surface area (Å²) < 4.78 is 4.56. The molecule has 0 atom stereocenters. The number of carbonyl (C=O) groups is 2. The Morgan fingerprint density at radius 1 is 1.39 bits per heavy atom. The highest BCUT2D eigenvalue weighted by molar-refractivity contribution is 5.92. The fourth-order valence-corrected chi connectivity index (χ4v) is 1.47. The number of ether oxygens (including phenoxy) is 1. The number of phenols is 1. The van der Waals surface area contributed by atoms with Crippen LogP contribution in [0.25, 0.3) is 0 Å². The summed E-state index contributed by atoms with van der Waals surface area (Å²) in [5.41, 5.74) is 0.987. The number of carbonyl (C=O) groups excluding carboxylic acids is 2. The van der Waals surface area contributed by atoms with Crippen LogP contribution >= 0.6 is 0 Å². The van der Waals surface area contributed by atoms with Crippen molar-refractivity contribution in [3.8, 4) is 5.75 Å². The molecule has 0 aromatic heterocycles. The van der Waals surface area contributed by atoms with Crippen molar-refractivity contribution in [1.82, 2.24) is 0 Å². The van der Waals surface area contributed by atoms with Gasteiger partial charge in [0.1, 0.15) is 5.75 Å². The van der Waals surface area contributed by atoms with Gasteiger partial charge in [0.05, 0.1) is 19.2 Å². The van der Waals surface area contributed by atoms with Crippen molar-refractivity contribution in [2.75, 3.05) is 12.4 Å². The van der Waals surface area contributed by atoms with Gasteiger partial charge in [-0.25, -0.2) is 0 Å². The number of hydrogen-bond donors (Lipinski definition) is 2. The predicted octanol–water partition coefficient (Wildman–Crippen LogP) is 1.85. The van der Waals surface area contributed by atoms with E-state index in [1.165, 1.54) is 13.2 Å². The molecule has 98 valence electrons. The molecule has 0 spiro atoms. The third kappa shape index (κ3) is 4.08. The van der Waals surface area contributed by atoms with E-state index in [1.54, 1.807) is 12.1 Å². The number of benzene rings is 1. The Labute approximate surface area is 106 Å². The first-order valence-electron chi connectivity index (χ1n) is 5.75. The van der Waals surface area contributed by atoms with Gasteiger partial charge in [-0.1, -0.05) is 13.0 Å². The van der Waals surface area contributed by atoms with Gasteiger partial charge in [0.25, 0.3) is 0 Å². The van der Waals surface area contributed by atoms with E-state index >= 15 is 0 Å². The Balaban J connectivity index is 2.80. The Bertz CT molecular complexity index is 443. The second-order valence-electron chi connectivity index (χ2n) is 3.90. The first-order chi connectivity index (χ1) is 8.56. The molecule has 0 aliphatic rings. The van der Waals surface area contributed by atoms with E-state index in [4.69, 9.17) is 0 Å². The SMILES string of the molecule is CCCC(=O)Nc1cc(CC(=O)OC)ccc1O. The van der Waals surface area contributed by atoms with Crippen LogP contribution < -0.4 is 5.32 Å². The average Bonchev–Trinajstić information content (AvgIpc) is 2.33. The standard InChI is InChI=1S/C13H17NO4/c1-3-4-12(16)14-10-7-9(5-6-11(10)15)8-13(17)18-2/h5-7,15H,3-4,8H2,1-2H3,(H,14,16). The van der Waals surface area contributed by atoms with Crippen molar-refractivity contribution in [3.05, 3.63) is 23.8 Å². The van der Waals surface area contributed by atoms with E-state index in [2.05, 4.69) is 10.1 Å². The second kappa shape index (κ2) is 6.64. The van der Waals surface area contributed by atoms with Crippen LogP contribution in [-0.2, 0) is 20.7 Å². The largest absolute Gasteiger partial charge is 0.506 e. The lowest BCUT2D eigenvalue weighted by atomic mass is 10.1. The molecule has 5 nitrogen and oxygen atoms in total. The molecule has 2 N–H and O–H groups in total. The highest BCUT2D eigenvalue weighted by atomic mass is 16.5. The zero-order chi connectivity index (χ0) is 13.5. The molecule has 18 heavy (non-hydrogen) atoms. The molecule has 0 heterocycles. The normalized spacial score (nSPS) is 9.89. The number of amides is 1. The number of hydrogen-bond acceptors (Lipinski definition) is 4. The number of rotatable bonds is 5. The van der Waals surface area contributed by atoms with Crippen LogP contribution in [0.15, 0.2) is 18.2 Å². The molecule has 0 bridgehead atoms. The molecular formula is C13H17NO4. The topological polar surface area (TPSA) is 75.6 Å². The van der Waals surface area contributed by atoms with Gasteiger partial charge in [-0.3, -0.25) is 9.59 Å². The highest BCUT2D eigenvalue weighted by Crippen LogP contribution is 2.24. The smallest absolute Gasteiger partial charge is 0.309 e. The summed E-state index contributed by atoms with van der Waals surface area (Å²) >= 11 is 0. The Kier molecular flexibility index (Phi) is 5.17. The minimum absolute atomic E-state index is 0.0203. The first-order valence-corrected chi connectivity index (χ1v) is 5.75. The molecule has 0 radical (unpaired) electrons. The van der Waals surface area contributed by atoms with Gasteiger partial charge in [0.2, 0.25) is 5.91 Å². The number of anilines is 1. The van der Waals surface area contributed by atoms with Gasteiger partial charge in [-0.05, 0) is 24.1 Å². The lowest BCUT2D eigenvalue weighted by Gasteiger charge is -2.08. The second-order valence-corrected chi connectivity index (χ2v) is 3.90. The maximum atomic E-state index is 11.4. The summed E-state index contributed by atoms with van der Waals surface area (Å²) in [6.07, 6.45) is 1.22. The predicted molar refractivity (Wildman–Crippen MR) is 67.4 cm³/mol. The summed E-state index contributed by atoms with van der Waals surface area (Å²) in [5, 5.41) is 12.2. The third-order valence-electron chi connectivity index (χ3n) is 2.39. The lowest BCUT2D eigenvalue weighted by Crippen LogP contribution is -2.11. The van der Waals surface area contributed by atoms with Crippen LogP contribution in [0.2, 0.25) is 0 Å². The van der Waals surface area contributed by atoms with Gasteiger partial charge in [0.15, 0.2) is 0 Å². The number of phenolic OH excluding ortho intramolecular Hbond substituents is 1. The van der Waals surface area contributed by atoms with Gasteiger partial charge < -0.3 is 15.2 Å². The zero-order valence-corrected chi connectivity index (χ0v) is 10.5. The monoisotopic (exact) mass is 251 g/mol. The summed E-state index contributed by atoms with van der Waals surface area (Å²) in [7, 11) is 1.31. The molecule has 1 rings (SSSR count). The zero-order valence-electron chi connectivity index (χ0n) is 10.5. The van der Waals surface area contributed by atoms with Crippen LogP contribution in [0.3, 0.4) is 0 Å². The van der Waals surface area contributed by atoms with Crippen molar-refractivity contribution >= 4 is 17.6 Å². The Hall–Kier alpha value is -2.04. The fourth-order valence-electron chi connectivity index (χ4n) is 1.47. The van der Waals surface area contributed by atoms with Crippen molar-refractivity contribution < 1.29 is 19.4 Å². The molecule has 0 aliphatic carbocycles. The van der Waals surface area contributed by atoms with Crippen molar-refractivity contribution in [3.63, 3.8) is 0 Å². The van der Waals surface area contributed by atoms with Crippen molar-refractivity contribution in [2.24, 2.45) is 0 Å². The molecule has 5 heteroatoms. The molecule has 1 aromatic carbocycles. The number of nitrogens with one attached hydrogen (secondary N) is 1. The van der Waals surface area contributed by atoms with E-state index in [0.29, 0.717) is 17.7 Å². The maximum Gasteiger partial charge on any atom is 0.309 e. The summed E-state index contributed by atoms with van der Waals surface area (Å²) in [6, 6.07) is 4.63. The van der Waals surface area contributed by atoms with Crippen LogP contribution in [-0.4, -0.2) is 24.1 Å². The molecule has 1 aromatic rings. The fraction of sp³-hybridized carbons (Fsp3) is 0.385. The van der Waals surface area contributed by atoms with E-state index in [0.717, 1.165) is 6.42 Å². The van der Waals surface area contributed by atoms with Crippen molar-refractivity contribution in [2.45, 2.75) is 26.2 Å². The minimum Gasteiger partial charge on any atom is -0.506 e. The number of methoxy groups -OCH3 is 1. The highest BCUT2D eigenvalue weighted by Gasteiger charge is 2.09. The molecular weight excluding hydrogens is 234 g/mol. The molecule has 1 amide bonds. The molecule has 0 aliphatic heterocycles. The molecule has 0 fully saturated rings. The Morgan fingerprint density at radius 2 is 2.11 bits per heavy atom. The minimum atomic E-state index is -0.369. The molecule has 0 unspecified atom stereocenters. The molecule has 0 saturated heterocycles. The Morgan fingerprint density at radius 3 is 2.72 bits per heavy atom. The summed E-state index contributed by atoms with van der Waals surface area (Å²) in [4.78, 5) is 22.6. The van der Waals surface area contributed by atoms with E-state index < -0.39 is 0 Å². The molecule has 0 saturated carbocycles. The van der Waals surface area contributed by atoms with E-state index in [9.17, 15) is 14.7 Å². The number of esters is 1. The quantitative estimate of drug-likeness (QED) is 0.618. The third-order valence-corrected chi connectivity index (χ3v) is 2.39. The summed E-state index contributed by atoms with van der Waals surface area (Å²) in [6.45, 7) is 1.90. The summed E-state index contributed by atoms with van der Waals surface area (Å²) in [5.74, 6) is -0.553. The van der Waals surface area contributed by atoms with Gasteiger partial charge in [-0.2, -0.15) is 0 Å². The van der Waals surface area contributed by atoms with Crippen LogP contribution in [0.1, 0.15) is 25.3 Å².